The second-order valence-electron chi connectivity index (χ2n) is 3.27. The third-order valence-corrected chi connectivity index (χ3v) is 2.26. The minimum atomic E-state index is -0.720. The number of aliphatic hydroxyl groups is 1. The fraction of sp³-hybridized carbons (Fsp3) is 0.333. The van der Waals surface area contributed by atoms with E-state index >= 15 is 0 Å². The van der Waals surface area contributed by atoms with Crippen LogP contribution < -0.4 is 5.73 Å². The zero-order valence-electron chi connectivity index (χ0n) is 6.55. The highest BCUT2D eigenvalue weighted by Gasteiger charge is 2.42. The van der Waals surface area contributed by atoms with Crippen LogP contribution in [0.5, 0.6) is 0 Å². The summed E-state index contributed by atoms with van der Waals surface area (Å²) in [5, 5.41) is 9.64. The topological polar surface area (TPSA) is 46.2 Å². The van der Waals surface area contributed by atoms with Gasteiger partial charge in [0.25, 0.3) is 0 Å². The van der Waals surface area contributed by atoms with Gasteiger partial charge in [0.1, 0.15) is 5.82 Å². The predicted molar refractivity (Wildman–Crippen MR) is 43.9 cm³/mol. The average molecular weight is 167 g/mol. The van der Waals surface area contributed by atoms with Gasteiger partial charge >= 0.3 is 0 Å². The first-order valence-corrected chi connectivity index (χ1v) is 3.90. The van der Waals surface area contributed by atoms with Crippen LogP contribution in [0.15, 0.2) is 18.2 Å². The SMILES string of the molecule is Nc1cc(C2(O)CC2)ccc1F. The highest BCUT2D eigenvalue weighted by molar-refractivity contribution is 5.45. The molecule has 1 saturated carbocycles. The van der Waals surface area contributed by atoms with Gasteiger partial charge in [-0.2, -0.15) is 0 Å². The van der Waals surface area contributed by atoms with Crippen molar-refractivity contribution in [1.82, 2.24) is 0 Å². The number of hydrogen-bond donors (Lipinski definition) is 2. The Morgan fingerprint density at radius 2 is 2.08 bits per heavy atom. The van der Waals surface area contributed by atoms with Gasteiger partial charge < -0.3 is 10.8 Å². The molecule has 3 N–H and O–H groups in total. The lowest BCUT2D eigenvalue weighted by Gasteiger charge is -2.08. The first kappa shape index (κ1) is 7.55. The molecule has 3 heteroatoms. The summed E-state index contributed by atoms with van der Waals surface area (Å²) >= 11 is 0. The maximum Gasteiger partial charge on any atom is 0.146 e. The molecule has 1 aromatic carbocycles. The molecule has 1 aliphatic rings. The Balaban J connectivity index is 2.41. The number of nitrogen functional groups attached to an aromatic ring is 1. The van der Waals surface area contributed by atoms with Gasteiger partial charge in [0.05, 0.1) is 11.3 Å². The summed E-state index contributed by atoms with van der Waals surface area (Å²) in [6.45, 7) is 0. The van der Waals surface area contributed by atoms with Crippen LogP contribution in [0, 0.1) is 5.82 Å². The molecule has 0 radical (unpaired) electrons. The molecule has 0 unspecified atom stereocenters. The summed E-state index contributed by atoms with van der Waals surface area (Å²) in [6.07, 6.45) is 1.50. The molecule has 0 heterocycles. The van der Waals surface area contributed by atoms with E-state index in [0.29, 0.717) is 0 Å². The van der Waals surface area contributed by atoms with Crippen molar-refractivity contribution in [3.8, 4) is 0 Å². The summed E-state index contributed by atoms with van der Waals surface area (Å²) in [7, 11) is 0. The lowest BCUT2D eigenvalue weighted by molar-refractivity contribution is 0.151. The Bertz CT molecular complexity index is 320. The number of halogens is 1. The fourth-order valence-corrected chi connectivity index (χ4v) is 1.24. The Labute approximate surface area is 69.8 Å². The summed E-state index contributed by atoms with van der Waals surface area (Å²) in [5.41, 5.74) is 5.47. The Morgan fingerprint density at radius 3 is 2.58 bits per heavy atom. The Hall–Kier alpha value is -1.09. The van der Waals surface area contributed by atoms with Gasteiger partial charge in [-0.15, -0.1) is 0 Å². The van der Waals surface area contributed by atoms with E-state index in [1.807, 2.05) is 0 Å². The van der Waals surface area contributed by atoms with Crippen molar-refractivity contribution in [1.29, 1.82) is 0 Å². The lowest BCUT2D eigenvalue weighted by Crippen LogP contribution is -2.05. The van der Waals surface area contributed by atoms with Crippen LogP contribution in [0.4, 0.5) is 10.1 Å². The number of benzene rings is 1. The molecule has 2 nitrogen and oxygen atoms in total. The van der Waals surface area contributed by atoms with Crippen molar-refractivity contribution in [2.45, 2.75) is 18.4 Å². The standard InChI is InChI=1S/C9H10FNO/c10-7-2-1-6(5-8(7)11)9(12)3-4-9/h1-2,5,12H,3-4,11H2. The maximum atomic E-state index is 12.7. The van der Waals surface area contributed by atoms with Gasteiger partial charge in [-0.3, -0.25) is 0 Å². The monoisotopic (exact) mass is 167 g/mol. The van der Waals surface area contributed by atoms with E-state index in [1.165, 1.54) is 12.1 Å². The Morgan fingerprint density at radius 1 is 1.42 bits per heavy atom. The number of nitrogens with two attached hydrogens (primary N) is 1. The van der Waals surface area contributed by atoms with Crippen molar-refractivity contribution in [2.75, 3.05) is 5.73 Å². The Kier molecular flexibility index (Phi) is 1.38. The number of anilines is 1. The van der Waals surface area contributed by atoms with Gasteiger partial charge in [-0.05, 0) is 30.5 Å². The maximum absolute atomic E-state index is 12.7. The summed E-state index contributed by atoms with van der Waals surface area (Å²) < 4.78 is 12.7. The first-order valence-electron chi connectivity index (χ1n) is 3.90. The normalized spacial score (nSPS) is 19.2. The van der Waals surface area contributed by atoms with Crippen LogP contribution in [-0.4, -0.2) is 5.11 Å². The van der Waals surface area contributed by atoms with Gasteiger partial charge in [0, 0.05) is 0 Å². The first-order chi connectivity index (χ1) is 5.62. The zero-order valence-corrected chi connectivity index (χ0v) is 6.55. The molecule has 0 spiro atoms. The minimum absolute atomic E-state index is 0.104. The van der Waals surface area contributed by atoms with Gasteiger partial charge in [-0.25, -0.2) is 4.39 Å². The van der Waals surface area contributed by atoms with Crippen LogP contribution in [0.1, 0.15) is 18.4 Å². The molecule has 0 aliphatic heterocycles. The zero-order chi connectivity index (χ0) is 8.77. The van der Waals surface area contributed by atoms with E-state index in [4.69, 9.17) is 5.73 Å². The van der Waals surface area contributed by atoms with Crippen molar-refractivity contribution < 1.29 is 9.50 Å². The summed E-state index contributed by atoms with van der Waals surface area (Å²) in [6, 6.07) is 4.38. The molecule has 0 amide bonds. The predicted octanol–water partition coefficient (Wildman–Crippen LogP) is 1.39. The smallest absolute Gasteiger partial charge is 0.146 e. The second-order valence-corrected chi connectivity index (χ2v) is 3.27. The van der Waals surface area contributed by atoms with Crippen molar-refractivity contribution >= 4 is 5.69 Å². The third-order valence-electron chi connectivity index (χ3n) is 2.26. The summed E-state index contributed by atoms with van der Waals surface area (Å²) in [5.74, 6) is -0.428. The molecular weight excluding hydrogens is 157 g/mol. The molecule has 0 saturated heterocycles. The minimum Gasteiger partial charge on any atom is -0.396 e. The van der Waals surface area contributed by atoms with Crippen molar-refractivity contribution in [3.63, 3.8) is 0 Å². The van der Waals surface area contributed by atoms with Crippen LogP contribution in [0.25, 0.3) is 0 Å². The van der Waals surface area contributed by atoms with E-state index in [0.717, 1.165) is 18.4 Å². The molecule has 0 atom stereocenters. The summed E-state index contributed by atoms with van der Waals surface area (Å²) in [4.78, 5) is 0. The van der Waals surface area contributed by atoms with E-state index < -0.39 is 11.4 Å². The molecule has 1 fully saturated rings. The average Bonchev–Trinajstić information content (AvgIpc) is 2.75. The molecular formula is C9H10FNO. The van der Waals surface area contributed by atoms with Gasteiger partial charge in [0.15, 0.2) is 0 Å². The van der Waals surface area contributed by atoms with Crippen LogP contribution in [0.3, 0.4) is 0 Å². The fourth-order valence-electron chi connectivity index (χ4n) is 1.24. The molecule has 1 aliphatic carbocycles. The van der Waals surface area contributed by atoms with Crippen LogP contribution in [-0.2, 0) is 5.60 Å². The third kappa shape index (κ3) is 1.06. The number of rotatable bonds is 1. The second kappa shape index (κ2) is 2.20. The highest BCUT2D eigenvalue weighted by Crippen LogP contribution is 2.45. The molecule has 0 aromatic heterocycles. The number of hydrogen-bond acceptors (Lipinski definition) is 2. The van der Waals surface area contributed by atoms with Crippen LogP contribution in [0.2, 0.25) is 0 Å². The largest absolute Gasteiger partial charge is 0.396 e. The molecule has 64 valence electrons. The van der Waals surface area contributed by atoms with Gasteiger partial charge in [0.2, 0.25) is 0 Å². The lowest BCUT2D eigenvalue weighted by atomic mass is 10.1. The molecule has 1 aromatic rings. The molecule has 0 bridgehead atoms. The molecule has 12 heavy (non-hydrogen) atoms. The van der Waals surface area contributed by atoms with E-state index in [-0.39, 0.29) is 5.69 Å². The highest BCUT2D eigenvalue weighted by atomic mass is 19.1. The molecule has 2 rings (SSSR count). The van der Waals surface area contributed by atoms with Crippen molar-refractivity contribution in [2.24, 2.45) is 0 Å². The van der Waals surface area contributed by atoms with E-state index in [1.54, 1.807) is 6.07 Å². The van der Waals surface area contributed by atoms with Crippen LogP contribution >= 0.6 is 0 Å². The van der Waals surface area contributed by atoms with E-state index in [2.05, 4.69) is 0 Å². The van der Waals surface area contributed by atoms with E-state index in [9.17, 15) is 9.50 Å². The quantitative estimate of drug-likeness (QED) is 0.621. The van der Waals surface area contributed by atoms with Crippen molar-refractivity contribution in [3.05, 3.63) is 29.6 Å². The van der Waals surface area contributed by atoms with Gasteiger partial charge in [-0.1, -0.05) is 6.07 Å².